The van der Waals surface area contributed by atoms with Gasteiger partial charge in [0.05, 0.1) is 11.8 Å². The summed E-state index contributed by atoms with van der Waals surface area (Å²) in [4.78, 5) is 19.1. The van der Waals surface area contributed by atoms with Crippen molar-refractivity contribution >= 4 is 11.7 Å². The second-order valence-electron chi connectivity index (χ2n) is 8.10. The molecular formula is C22H24N4O3. The average Bonchev–Trinajstić information content (AvgIpc) is 3.20. The highest BCUT2D eigenvalue weighted by atomic mass is 16.6. The highest BCUT2D eigenvalue weighted by Crippen LogP contribution is 2.44. The van der Waals surface area contributed by atoms with Gasteiger partial charge in [0.1, 0.15) is 6.61 Å². The fourth-order valence-electron chi connectivity index (χ4n) is 4.81. The SMILES string of the molecule is O=C(OCc1ccccc1)N1C2CCCC1CC(O)(c1cnc3ccnn3c1)C2. The highest BCUT2D eigenvalue weighted by Gasteiger charge is 2.49. The van der Waals surface area contributed by atoms with Gasteiger partial charge in [0.2, 0.25) is 0 Å². The summed E-state index contributed by atoms with van der Waals surface area (Å²) in [5.41, 5.74) is 1.46. The number of hydrogen-bond donors (Lipinski definition) is 1. The average molecular weight is 392 g/mol. The minimum Gasteiger partial charge on any atom is -0.445 e. The summed E-state index contributed by atoms with van der Waals surface area (Å²) < 4.78 is 7.29. The first-order valence-electron chi connectivity index (χ1n) is 10.1. The first kappa shape index (κ1) is 18.1. The van der Waals surface area contributed by atoms with Crippen LogP contribution in [0.15, 0.2) is 55.0 Å². The Kier molecular flexibility index (Phi) is 4.47. The molecular weight excluding hydrogens is 368 g/mol. The van der Waals surface area contributed by atoms with E-state index >= 15 is 0 Å². The first-order valence-corrected chi connectivity index (χ1v) is 10.1. The highest BCUT2D eigenvalue weighted by molar-refractivity contribution is 5.69. The van der Waals surface area contributed by atoms with Crippen molar-refractivity contribution in [3.05, 3.63) is 66.1 Å². The Hall–Kier alpha value is -2.93. The molecule has 7 heteroatoms. The topological polar surface area (TPSA) is 80.0 Å². The fourth-order valence-corrected chi connectivity index (χ4v) is 4.81. The van der Waals surface area contributed by atoms with Crippen LogP contribution in [0.1, 0.15) is 43.2 Å². The molecule has 150 valence electrons. The number of ether oxygens (including phenoxy) is 1. The Labute approximate surface area is 168 Å². The maximum Gasteiger partial charge on any atom is 0.410 e. The molecule has 2 fully saturated rings. The largest absolute Gasteiger partial charge is 0.445 e. The Morgan fingerprint density at radius 1 is 1.17 bits per heavy atom. The van der Waals surface area contributed by atoms with E-state index < -0.39 is 5.60 Å². The number of aromatic nitrogens is 3. The molecule has 0 saturated carbocycles. The van der Waals surface area contributed by atoms with Crippen molar-refractivity contribution in [2.75, 3.05) is 0 Å². The third kappa shape index (κ3) is 3.35. The second kappa shape index (κ2) is 7.15. The molecule has 0 radical (unpaired) electrons. The van der Waals surface area contributed by atoms with Gasteiger partial charge in [-0.15, -0.1) is 0 Å². The standard InChI is InChI=1S/C22H24N4O3/c27-21(29-15-16-5-2-1-3-6-16)26-18-7-4-8-19(26)12-22(28,11-18)17-13-23-20-9-10-24-25(20)14-17/h1-3,5-6,9-10,13-14,18-19,28H,4,7-8,11-12,15H2. The van der Waals surface area contributed by atoms with Gasteiger partial charge in [0.25, 0.3) is 0 Å². The molecule has 2 saturated heterocycles. The van der Waals surface area contributed by atoms with Crippen molar-refractivity contribution in [1.82, 2.24) is 19.5 Å². The number of carbonyl (C=O) groups is 1. The lowest BCUT2D eigenvalue weighted by atomic mass is 9.73. The number of nitrogens with zero attached hydrogens (tertiary/aromatic N) is 4. The number of piperidine rings is 2. The molecule has 2 unspecified atom stereocenters. The summed E-state index contributed by atoms with van der Waals surface area (Å²) in [6.07, 6.45) is 8.76. The van der Waals surface area contributed by atoms with E-state index in [0.717, 1.165) is 36.0 Å². The minimum absolute atomic E-state index is 0.0379. The second-order valence-corrected chi connectivity index (χ2v) is 8.10. The monoisotopic (exact) mass is 392 g/mol. The van der Waals surface area contributed by atoms with E-state index in [1.54, 1.807) is 16.9 Å². The van der Waals surface area contributed by atoms with Crippen LogP contribution in [0, 0.1) is 0 Å². The van der Waals surface area contributed by atoms with Crippen LogP contribution in [0.3, 0.4) is 0 Å². The third-order valence-electron chi connectivity index (χ3n) is 6.21. The van der Waals surface area contributed by atoms with Crippen molar-refractivity contribution in [1.29, 1.82) is 0 Å². The first-order chi connectivity index (χ1) is 14.1. The van der Waals surface area contributed by atoms with Crippen LogP contribution in [0.5, 0.6) is 0 Å². The number of rotatable bonds is 3. The summed E-state index contributed by atoms with van der Waals surface area (Å²) in [6, 6.07) is 11.5. The maximum atomic E-state index is 12.9. The van der Waals surface area contributed by atoms with E-state index in [2.05, 4.69) is 10.1 Å². The summed E-state index contributed by atoms with van der Waals surface area (Å²) in [6.45, 7) is 0.264. The normalized spacial score (nSPS) is 26.4. The fraction of sp³-hybridized carbons (Fsp3) is 0.409. The molecule has 2 atom stereocenters. The van der Waals surface area contributed by atoms with Gasteiger partial charge in [0.15, 0.2) is 5.65 Å². The van der Waals surface area contributed by atoms with Crippen molar-refractivity contribution in [2.24, 2.45) is 0 Å². The van der Waals surface area contributed by atoms with Gasteiger partial charge < -0.3 is 14.7 Å². The van der Waals surface area contributed by atoms with Gasteiger partial charge in [-0.25, -0.2) is 14.3 Å². The Balaban J connectivity index is 1.34. The molecule has 29 heavy (non-hydrogen) atoms. The summed E-state index contributed by atoms with van der Waals surface area (Å²) in [5.74, 6) is 0. The van der Waals surface area contributed by atoms with Gasteiger partial charge in [-0.1, -0.05) is 30.3 Å². The van der Waals surface area contributed by atoms with Crippen molar-refractivity contribution < 1.29 is 14.6 Å². The van der Waals surface area contributed by atoms with Crippen LogP contribution >= 0.6 is 0 Å². The zero-order valence-corrected chi connectivity index (χ0v) is 16.1. The predicted molar refractivity (Wildman–Crippen MR) is 106 cm³/mol. The lowest BCUT2D eigenvalue weighted by Crippen LogP contribution is -2.59. The Morgan fingerprint density at radius 3 is 2.69 bits per heavy atom. The maximum absolute atomic E-state index is 12.9. The van der Waals surface area contributed by atoms with E-state index in [1.807, 2.05) is 47.5 Å². The molecule has 0 spiro atoms. The van der Waals surface area contributed by atoms with E-state index in [9.17, 15) is 9.90 Å². The molecule has 1 aromatic carbocycles. The zero-order valence-electron chi connectivity index (χ0n) is 16.1. The van der Waals surface area contributed by atoms with Crippen LogP contribution in [-0.2, 0) is 16.9 Å². The van der Waals surface area contributed by atoms with Crippen molar-refractivity contribution in [3.63, 3.8) is 0 Å². The number of carbonyl (C=O) groups excluding carboxylic acids is 1. The van der Waals surface area contributed by atoms with Crippen LogP contribution < -0.4 is 0 Å². The number of amides is 1. The minimum atomic E-state index is -1.01. The summed E-state index contributed by atoms with van der Waals surface area (Å²) in [7, 11) is 0. The smallest absolute Gasteiger partial charge is 0.410 e. The number of benzene rings is 1. The molecule has 1 N–H and O–H groups in total. The molecule has 1 amide bonds. The molecule has 2 aliphatic heterocycles. The van der Waals surface area contributed by atoms with Gasteiger partial charge >= 0.3 is 6.09 Å². The molecule has 2 aromatic heterocycles. The van der Waals surface area contributed by atoms with Gasteiger partial charge in [0, 0.05) is 48.9 Å². The van der Waals surface area contributed by atoms with Crippen molar-refractivity contribution in [2.45, 2.75) is 56.4 Å². The summed E-state index contributed by atoms with van der Waals surface area (Å²) >= 11 is 0. The number of aliphatic hydroxyl groups is 1. The molecule has 5 rings (SSSR count). The Morgan fingerprint density at radius 2 is 1.93 bits per heavy atom. The van der Waals surface area contributed by atoms with Crippen LogP contribution in [0.25, 0.3) is 5.65 Å². The summed E-state index contributed by atoms with van der Waals surface area (Å²) in [5, 5.41) is 15.7. The van der Waals surface area contributed by atoms with Gasteiger partial charge in [-0.2, -0.15) is 5.10 Å². The molecule has 4 heterocycles. The molecule has 2 bridgehead atoms. The van der Waals surface area contributed by atoms with Crippen LogP contribution in [0.2, 0.25) is 0 Å². The van der Waals surface area contributed by atoms with E-state index in [0.29, 0.717) is 12.8 Å². The zero-order chi connectivity index (χ0) is 19.8. The lowest BCUT2D eigenvalue weighted by molar-refractivity contribution is -0.0900. The van der Waals surface area contributed by atoms with Crippen molar-refractivity contribution in [3.8, 4) is 0 Å². The van der Waals surface area contributed by atoms with Crippen LogP contribution in [0.4, 0.5) is 4.79 Å². The lowest BCUT2D eigenvalue weighted by Gasteiger charge is -2.51. The van der Waals surface area contributed by atoms with E-state index in [1.165, 1.54) is 0 Å². The number of fused-ring (bicyclic) bond motifs is 3. The third-order valence-corrected chi connectivity index (χ3v) is 6.21. The quantitative estimate of drug-likeness (QED) is 0.740. The molecule has 0 aliphatic carbocycles. The Bertz CT molecular complexity index is 1010. The van der Waals surface area contributed by atoms with Gasteiger partial charge in [-0.3, -0.25) is 0 Å². The predicted octanol–water partition coefficient (Wildman–Crippen LogP) is 3.27. The van der Waals surface area contributed by atoms with Gasteiger partial charge in [-0.05, 0) is 24.8 Å². The molecule has 2 aliphatic rings. The molecule has 3 aromatic rings. The number of hydrogen-bond acceptors (Lipinski definition) is 5. The molecule has 7 nitrogen and oxygen atoms in total. The van der Waals surface area contributed by atoms with Crippen LogP contribution in [-0.4, -0.2) is 42.8 Å². The van der Waals surface area contributed by atoms with E-state index in [4.69, 9.17) is 4.74 Å². The van der Waals surface area contributed by atoms with E-state index in [-0.39, 0.29) is 24.8 Å².